The molecule has 2 aliphatic carbocycles. The molecule has 2 aliphatic rings. The maximum Gasteiger partial charge on any atom is 0.0631 e. The monoisotopic (exact) mass is 194 g/mol. The zero-order valence-corrected chi connectivity index (χ0v) is 9.42. The number of hydrogen-bond acceptors (Lipinski definition) is 1. The Kier molecular flexibility index (Phi) is 2.26. The van der Waals surface area contributed by atoms with Crippen LogP contribution in [-0.4, -0.2) is 11.2 Å². The maximum atomic E-state index is 10.2. The van der Waals surface area contributed by atoms with E-state index in [9.17, 15) is 5.11 Å². The van der Waals surface area contributed by atoms with Gasteiger partial charge < -0.3 is 5.11 Å². The van der Waals surface area contributed by atoms with E-state index in [1.807, 2.05) is 6.08 Å². The van der Waals surface area contributed by atoms with Gasteiger partial charge in [-0.25, -0.2) is 0 Å². The lowest BCUT2D eigenvalue weighted by molar-refractivity contribution is 0.0166. The van der Waals surface area contributed by atoms with Crippen molar-refractivity contribution in [2.75, 3.05) is 0 Å². The second-order valence-corrected chi connectivity index (χ2v) is 6.01. The zero-order valence-electron chi connectivity index (χ0n) is 9.42. The summed E-state index contributed by atoms with van der Waals surface area (Å²) in [5, 5.41) is 10.2. The molecule has 2 saturated carbocycles. The average Bonchev–Trinajstić information content (AvgIpc) is 2.59. The Morgan fingerprint density at radius 3 is 2.71 bits per heavy atom. The van der Waals surface area contributed by atoms with E-state index in [2.05, 4.69) is 20.4 Å². The molecule has 0 amide bonds. The molecule has 1 heteroatoms. The topological polar surface area (TPSA) is 20.2 Å². The summed E-state index contributed by atoms with van der Waals surface area (Å²) in [6, 6.07) is 0. The van der Waals surface area contributed by atoms with E-state index in [1.54, 1.807) is 0 Å². The lowest BCUT2D eigenvalue weighted by Gasteiger charge is -2.37. The van der Waals surface area contributed by atoms with Crippen LogP contribution in [0.4, 0.5) is 0 Å². The fraction of sp³-hybridized carbons (Fsp3) is 0.846. The fourth-order valence-corrected chi connectivity index (χ4v) is 3.86. The summed E-state index contributed by atoms with van der Waals surface area (Å²) >= 11 is 0. The Morgan fingerprint density at radius 1 is 1.57 bits per heavy atom. The summed E-state index contributed by atoms with van der Waals surface area (Å²) in [6.07, 6.45) is 7.49. The van der Waals surface area contributed by atoms with E-state index in [0.717, 1.165) is 12.3 Å². The Morgan fingerprint density at radius 2 is 2.29 bits per heavy atom. The first-order chi connectivity index (χ1) is 6.50. The van der Waals surface area contributed by atoms with Crippen molar-refractivity contribution in [3.05, 3.63) is 12.7 Å². The van der Waals surface area contributed by atoms with E-state index < -0.39 is 0 Å². The molecule has 3 unspecified atom stereocenters. The minimum atomic E-state index is -0.147. The normalized spacial score (nSPS) is 41.2. The van der Waals surface area contributed by atoms with Crippen LogP contribution in [0.2, 0.25) is 0 Å². The molecule has 0 aromatic heterocycles. The highest BCUT2D eigenvalue weighted by molar-refractivity contribution is 5.07. The molecule has 14 heavy (non-hydrogen) atoms. The molecule has 0 aromatic carbocycles. The van der Waals surface area contributed by atoms with Gasteiger partial charge in [0.2, 0.25) is 0 Å². The molecule has 0 aromatic rings. The summed E-state index contributed by atoms with van der Waals surface area (Å²) in [4.78, 5) is 0. The Balaban J connectivity index is 2.15. The molecule has 0 radical (unpaired) electrons. The van der Waals surface area contributed by atoms with E-state index in [1.165, 1.54) is 25.7 Å². The van der Waals surface area contributed by atoms with Gasteiger partial charge in [0.1, 0.15) is 0 Å². The van der Waals surface area contributed by atoms with Crippen molar-refractivity contribution in [3.8, 4) is 0 Å². The molecule has 0 saturated heterocycles. The minimum absolute atomic E-state index is 0.147. The van der Waals surface area contributed by atoms with Crippen molar-refractivity contribution in [2.24, 2.45) is 16.7 Å². The highest BCUT2D eigenvalue weighted by atomic mass is 16.3. The molecule has 0 spiro atoms. The van der Waals surface area contributed by atoms with Gasteiger partial charge in [0.15, 0.2) is 0 Å². The number of fused-ring (bicyclic) bond motifs is 2. The van der Waals surface area contributed by atoms with Gasteiger partial charge in [-0.2, -0.15) is 0 Å². The third-order valence-electron chi connectivity index (χ3n) is 4.65. The van der Waals surface area contributed by atoms with E-state index in [-0.39, 0.29) is 11.5 Å². The summed E-state index contributed by atoms with van der Waals surface area (Å²) < 4.78 is 0. The quantitative estimate of drug-likeness (QED) is 0.684. The van der Waals surface area contributed by atoms with Gasteiger partial charge in [0.25, 0.3) is 0 Å². The van der Waals surface area contributed by atoms with Gasteiger partial charge in [-0.15, -0.1) is 6.58 Å². The molecule has 0 aliphatic heterocycles. The first-order valence-corrected chi connectivity index (χ1v) is 5.79. The third kappa shape index (κ3) is 1.33. The van der Waals surface area contributed by atoms with Crippen molar-refractivity contribution >= 4 is 0 Å². The second-order valence-electron chi connectivity index (χ2n) is 6.01. The molecule has 3 atom stereocenters. The van der Waals surface area contributed by atoms with Crippen molar-refractivity contribution < 1.29 is 5.11 Å². The maximum absolute atomic E-state index is 10.2. The average molecular weight is 194 g/mol. The van der Waals surface area contributed by atoms with Gasteiger partial charge in [0, 0.05) is 0 Å². The highest BCUT2D eigenvalue weighted by Gasteiger charge is 2.56. The predicted octanol–water partition coefficient (Wildman–Crippen LogP) is 3.14. The van der Waals surface area contributed by atoms with Crippen LogP contribution < -0.4 is 0 Å². The second kappa shape index (κ2) is 3.10. The van der Waals surface area contributed by atoms with Crippen LogP contribution in [0.15, 0.2) is 12.7 Å². The summed E-state index contributed by atoms with van der Waals surface area (Å²) in [5.41, 5.74) is 0.697. The summed E-state index contributed by atoms with van der Waals surface area (Å²) in [5.74, 6) is 0.849. The minimum Gasteiger partial charge on any atom is -0.392 e. The summed E-state index contributed by atoms with van der Waals surface area (Å²) in [6.45, 7) is 8.45. The molecule has 1 nitrogen and oxygen atoms in total. The number of aliphatic hydroxyl groups is 1. The molecule has 1 N–H and O–H groups in total. The number of aliphatic hydroxyl groups excluding tert-OH is 1. The molecule has 0 heterocycles. The first kappa shape index (κ1) is 10.2. The third-order valence-corrected chi connectivity index (χ3v) is 4.65. The van der Waals surface area contributed by atoms with Gasteiger partial charge >= 0.3 is 0 Å². The zero-order chi connectivity index (χ0) is 10.4. The van der Waals surface area contributed by atoms with Crippen LogP contribution in [-0.2, 0) is 0 Å². The van der Waals surface area contributed by atoms with Crippen molar-refractivity contribution in [3.63, 3.8) is 0 Å². The molecular formula is C13H22O. The molecule has 2 bridgehead atoms. The van der Waals surface area contributed by atoms with Gasteiger partial charge in [-0.3, -0.25) is 0 Å². The molecule has 2 rings (SSSR count). The lowest BCUT2D eigenvalue weighted by atomic mass is 9.69. The predicted molar refractivity (Wildman–Crippen MR) is 59.0 cm³/mol. The fourth-order valence-electron chi connectivity index (χ4n) is 3.86. The van der Waals surface area contributed by atoms with Crippen LogP contribution in [0.1, 0.15) is 46.0 Å². The highest BCUT2D eigenvalue weighted by Crippen LogP contribution is 2.64. The van der Waals surface area contributed by atoms with Crippen molar-refractivity contribution in [1.82, 2.24) is 0 Å². The van der Waals surface area contributed by atoms with Crippen LogP contribution in [0.3, 0.4) is 0 Å². The largest absolute Gasteiger partial charge is 0.392 e. The number of rotatable bonds is 3. The van der Waals surface area contributed by atoms with Gasteiger partial charge in [0.05, 0.1) is 6.10 Å². The SMILES string of the molecule is C=CCC(O)C12CCC(C1)C(C)(C)C2. The molecule has 2 fully saturated rings. The Labute approximate surface area is 87.2 Å². The van der Waals surface area contributed by atoms with Gasteiger partial charge in [-0.05, 0) is 48.9 Å². The van der Waals surface area contributed by atoms with Crippen LogP contribution in [0.5, 0.6) is 0 Å². The van der Waals surface area contributed by atoms with E-state index in [0.29, 0.717) is 5.41 Å². The van der Waals surface area contributed by atoms with Crippen LogP contribution in [0.25, 0.3) is 0 Å². The van der Waals surface area contributed by atoms with Crippen LogP contribution >= 0.6 is 0 Å². The summed E-state index contributed by atoms with van der Waals surface area (Å²) in [7, 11) is 0. The smallest absolute Gasteiger partial charge is 0.0631 e. The Hall–Kier alpha value is -0.300. The lowest BCUT2D eigenvalue weighted by Crippen LogP contribution is -2.34. The van der Waals surface area contributed by atoms with Crippen molar-refractivity contribution in [1.29, 1.82) is 0 Å². The van der Waals surface area contributed by atoms with Crippen molar-refractivity contribution in [2.45, 2.75) is 52.1 Å². The molecule has 80 valence electrons. The standard InChI is InChI=1S/C13H22O/c1-4-5-11(14)13-7-6-10(8-13)12(2,3)9-13/h4,10-11,14H,1,5-9H2,2-3H3. The first-order valence-electron chi connectivity index (χ1n) is 5.79. The van der Waals surface area contributed by atoms with Crippen LogP contribution in [0, 0.1) is 16.7 Å². The van der Waals surface area contributed by atoms with E-state index in [4.69, 9.17) is 0 Å². The van der Waals surface area contributed by atoms with Gasteiger partial charge in [-0.1, -0.05) is 19.9 Å². The Bertz CT molecular complexity index is 244. The molecular weight excluding hydrogens is 172 g/mol. The van der Waals surface area contributed by atoms with E-state index >= 15 is 0 Å². The number of hydrogen-bond donors (Lipinski definition) is 1.